The maximum absolute atomic E-state index is 13.1. The highest BCUT2D eigenvalue weighted by Gasteiger charge is 2.33. The summed E-state index contributed by atoms with van der Waals surface area (Å²) in [6, 6.07) is 17.0. The number of carbonyl (C=O) groups excluding carboxylic acids is 1. The van der Waals surface area contributed by atoms with Gasteiger partial charge in [0.1, 0.15) is 11.5 Å². The van der Waals surface area contributed by atoms with Crippen molar-refractivity contribution in [3.8, 4) is 11.5 Å². The second-order valence-electron chi connectivity index (χ2n) is 6.62. The van der Waals surface area contributed by atoms with Gasteiger partial charge >= 0.3 is 6.18 Å². The number of rotatable bonds is 4. The molecule has 0 unspecified atom stereocenters. The number of halogens is 4. The SMILES string of the molecule is O=C(Nc1ccc(Cl)c(C(F)(F)F)c1)c1cccc2cc(Oc3ccncc3)ccc12. The molecule has 1 heterocycles. The molecule has 4 aromatic rings. The Morgan fingerprint density at radius 1 is 0.935 bits per heavy atom. The first-order chi connectivity index (χ1) is 14.8. The van der Waals surface area contributed by atoms with Crippen LogP contribution in [0.1, 0.15) is 15.9 Å². The first-order valence-electron chi connectivity index (χ1n) is 9.10. The van der Waals surface area contributed by atoms with Gasteiger partial charge in [-0.05, 0) is 65.4 Å². The molecule has 0 radical (unpaired) electrons. The van der Waals surface area contributed by atoms with Crippen LogP contribution >= 0.6 is 11.6 Å². The standard InChI is InChI=1S/C23H14ClF3N2O2/c24-21-7-4-15(13-20(21)23(25,26)27)29-22(30)19-3-1-2-14-12-17(5-6-18(14)19)31-16-8-10-28-11-9-16/h1-13H,(H,29,30). The number of alkyl halides is 3. The molecule has 156 valence electrons. The lowest BCUT2D eigenvalue weighted by atomic mass is 10.0. The summed E-state index contributed by atoms with van der Waals surface area (Å²) < 4.78 is 45.0. The topological polar surface area (TPSA) is 51.2 Å². The first kappa shape index (κ1) is 20.7. The summed E-state index contributed by atoms with van der Waals surface area (Å²) in [5, 5.41) is 3.45. The number of carbonyl (C=O) groups is 1. The smallest absolute Gasteiger partial charge is 0.417 e. The number of benzene rings is 3. The van der Waals surface area contributed by atoms with Crippen molar-refractivity contribution in [1.29, 1.82) is 0 Å². The Labute approximate surface area is 180 Å². The molecule has 0 saturated heterocycles. The Morgan fingerprint density at radius 2 is 1.71 bits per heavy atom. The molecule has 0 saturated carbocycles. The van der Waals surface area contributed by atoms with Gasteiger partial charge in [0.15, 0.2) is 0 Å². The molecule has 1 N–H and O–H groups in total. The molecule has 3 aromatic carbocycles. The maximum Gasteiger partial charge on any atom is 0.417 e. The predicted octanol–water partition coefficient (Wildman–Crippen LogP) is 6.95. The lowest BCUT2D eigenvalue weighted by Crippen LogP contribution is -2.14. The fourth-order valence-corrected chi connectivity index (χ4v) is 3.31. The second-order valence-corrected chi connectivity index (χ2v) is 7.03. The van der Waals surface area contributed by atoms with Crippen LogP contribution in [0.3, 0.4) is 0 Å². The van der Waals surface area contributed by atoms with Crippen LogP contribution in [0.5, 0.6) is 11.5 Å². The summed E-state index contributed by atoms with van der Waals surface area (Å²) in [6.45, 7) is 0. The number of nitrogens with one attached hydrogen (secondary N) is 1. The van der Waals surface area contributed by atoms with Crippen molar-refractivity contribution in [2.75, 3.05) is 5.32 Å². The molecule has 0 fully saturated rings. The molecular weight excluding hydrogens is 429 g/mol. The van der Waals surface area contributed by atoms with E-state index >= 15 is 0 Å². The number of hydrogen-bond acceptors (Lipinski definition) is 3. The highest BCUT2D eigenvalue weighted by atomic mass is 35.5. The van der Waals surface area contributed by atoms with Crippen LogP contribution in [0.4, 0.5) is 18.9 Å². The van der Waals surface area contributed by atoms with E-state index in [2.05, 4.69) is 10.3 Å². The van der Waals surface area contributed by atoms with Crippen LogP contribution in [0.25, 0.3) is 10.8 Å². The van der Waals surface area contributed by atoms with E-state index in [4.69, 9.17) is 16.3 Å². The Morgan fingerprint density at radius 3 is 2.45 bits per heavy atom. The lowest BCUT2D eigenvalue weighted by Gasteiger charge is -2.13. The predicted molar refractivity (Wildman–Crippen MR) is 113 cm³/mol. The average Bonchev–Trinajstić information content (AvgIpc) is 2.74. The highest BCUT2D eigenvalue weighted by molar-refractivity contribution is 6.31. The highest BCUT2D eigenvalue weighted by Crippen LogP contribution is 2.36. The van der Waals surface area contributed by atoms with Crippen molar-refractivity contribution in [2.45, 2.75) is 6.18 Å². The van der Waals surface area contributed by atoms with E-state index in [1.807, 2.05) is 6.07 Å². The molecule has 0 bridgehead atoms. The molecule has 1 aromatic heterocycles. The summed E-state index contributed by atoms with van der Waals surface area (Å²) in [5.41, 5.74) is -0.698. The maximum atomic E-state index is 13.1. The van der Waals surface area contributed by atoms with Crippen molar-refractivity contribution in [3.63, 3.8) is 0 Å². The van der Waals surface area contributed by atoms with E-state index in [0.29, 0.717) is 22.4 Å². The van der Waals surface area contributed by atoms with Gasteiger partial charge < -0.3 is 10.1 Å². The van der Waals surface area contributed by atoms with Gasteiger partial charge in [-0.15, -0.1) is 0 Å². The largest absolute Gasteiger partial charge is 0.457 e. The molecule has 0 aliphatic rings. The van der Waals surface area contributed by atoms with E-state index in [1.165, 1.54) is 6.07 Å². The third-order valence-electron chi connectivity index (χ3n) is 4.51. The zero-order valence-electron chi connectivity index (χ0n) is 15.8. The van der Waals surface area contributed by atoms with Crippen LogP contribution in [0, 0.1) is 0 Å². The number of aromatic nitrogens is 1. The molecular formula is C23H14ClF3N2O2. The third kappa shape index (κ3) is 4.62. The number of anilines is 1. The van der Waals surface area contributed by atoms with Gasteiger partial charge in [0.05, 0.1) is 10.6 Å². The number of ether oxygens (including phenoxy) is 1. The van der Waals surface area contributed by atoms with Crippen LogP contribution in [0.2, 0.25) is 5.02 Å². The minimum absolute atomic E-state index is 0.00336. The van der Waals surface area contributed by atoms with E-state index in [0.717, 1.165) is 17.5 Å². The van der Waals surface area contributed by atoms with Crippen LogP contribution in [-0.2, 0) is 6.18 Å². The normalized spacial score (nSPS) is 11.4. The Hall–Kier alpha value is -3.58. The van der Waals surface area contributed by atoms with Gasteiger partial charge in [0, 0.05) is 23.6 Å². The fourth-order valence-electron chi connectivity index (χ4n) is 3.08. The van der Waals surface area contributed by atoms with E-state index < -0.39 is 22.7 Å². The van der Waals surface area contributed by atoms with Crippen LogP contribution in [0.15, 0.2) is 79.1 Å². The number of pyridine rings is 1. The molecule has 0 spiro atoms. The van der Waals surface area contributed by atoms with Crippen LogP contribution < -0.4 is 10.1 Å². The minimum Gasteiger partial charge on any atom is -0.457 e. The van der Waals surface area contributed by atoms with Crippen molar-refractivity contribution in [1.82, 2.24) is 4.98 Å². The van der Waals surface area contributed by atoms with Gasteiger partial charge in [-0.1, -0.05) is 23.7 Å². The summed E-state index contributed by atoms with van der Waals surface area (Å²) in [5.74, 6) is 0.652. The van der Waals surface area contributed by atoms with Gasteiger partial charge in [0.2, 0.25) is 0 Å². The summed E-state index contributed by atoms with van der Waals surface area (Å²) >= 11 is 5.64. The van der Waals surface area contributed by atoms with Crippen LogP contribution in [-0.4, -0.2) is 10.9 Å². The van der Waals surface area contributed by atoms with E-state index in [9.17, 15) is 18.0 Å². The van der Waals surface area contributed by atoms with E-state index in [1.54, 1.807) is 54.9 Å². The molecule has 0 aliphatic carbocycles. The fraction of sp³-hybridized carbons (Fsp3) is 0.0435. The van der Waals surface area contributed by atoms with Crippen molar-refractivity contribution >= 4 is 34.0 Å². The molecule has 31 heavy (non-hydrogen) atoms. The second kappa shape index (κ2) is 8.28. The van der Waals surface area contributed by atoms with Crippen molar-refractivity contribution in [3.05, 3.63) is 95.3 Å². The minimum atomic E-state index is -4.62. The first-order valence-corrected chi connectivity index (χ1v) is 9.48. The quantitative estimate of drug-likeness (QED) is 0.372. The Bertz CT molecular complexity index is 1260. The lowest BCUT2D eigenvalue weighted by molar-refractivity contribution is -0.137. The number of fused-ring (bicyclic) bond motifs is 1. The molecule has 8 heteroatoms. The monoisotopic (exact) mass is 442 g/mol. The summed E-state index contributed by atoms with van der Waals surface area (Å²) in [6.07, 6.45) is -1.40. The number of hydrogen-bond donors (Lipinski definition) is 1. The average molecular weight is 443 g/mol. The Kier molecular flexibility index (Phi) is 5.52. The Balaban J connectivity index is 1.61. The summed E-state index contributed by atoms with van der Waals surface area (Å²) in [7, 11) is 0. The van der Waals surface area contributed by atoms with Gasteiger partial charge in [-0.2, -0.15) is 13.2 Å². The number of nitrogens with zero attached hydrogens (tertiary/aromatic N) is 1. The number of amides is 1. The van der Waals surface area contributed by atoms with Crippen molar-refractivity contribution < 1.29 is 22.7 Å². The molecule has 4 nitrogen and oxygen atoms in total. The molecule has 0 aliphatic heterocycles. The zero-order chi connectivity index (χ0) is 22.0. The van der Waals surface area contributed by atoms with E-state index in [-0.39, 0.29) is 5.69 Å². The van der Waals surface area contributed by atoms with Gasteiger partial charge in [0.25, 0.3) is 5.91 Å². The van der Waals surface area contributed by atoms with Gasteiger partial charge in [-0.3, -0.25) is 9.78 Å². The van der Waals surface area contributed by atoms with Crippen molar-refractivity contribution in [2.24, 2.45) is 0 Å². The van der Waals surface area contributed by atoms with Gasteiger partial charge in [-0.25, -0.2) is 0 Å². The molecule has 4 rings (SSSR count). The summed E-state index contributed by atoms with van der Waals surface area (Å²) in [4.78, 5) is 16.7. The molecule has 0 atom stereocenters. The third-order valence-corrected chi connectivity index (χ3v) is 4.84. The zero-order valence-corrected chi connectivity index (χ0v) is 16.5. The molecule has 1 amide bonds.